The van der Waals surface area contributed by atoms with E-state index >= 15 is 0 Å². The van der Waals surface area contributed by atoms with Crippen LogP contribution in [-0.2, 0) is 0 Å². The molecule has 0 saturated heterocycles. The van der Waals surface area contributed by atoms with Gasteiger partial charge in [-0.2, -0.15) is 5.10 Å². The number of nitrogens with two attached hydrogens (primary N) is 1. The first-order valence-electron chi connectivity index (χ1n) is 5.52. The zero-order chi connectivity index (χ0) is 14.0. The maximum Gasteiger partial charge on any atom is 0.259 e. The third-order valence-electron chi connectivity index (χ3n) is 2.59. The van der Waals surface area contributed by atoms with E-state index in [1.54, 1.807) is 32.0 Å². The smallest absolute Gasteiger partial charge is 0.259 e. The van der Waals surface area contributed by atoms with Gasteiger partial charge in [0.25, 0.3) is 5.91 Å². The number of amides is 1. The van der Waals surface area contributed by atoms with Gasteiger partial charge in [0.1, 0.15) is 0 Å². The highest BCUT2D eigenvalue weighted by Crippen LogP contribution is 2.24. The van der Waals surface area contributed by atoms with Crippen molar-refractivity contribution in [3.63, 3.8) is 0 Å². The molecule has 0 spiro atoms. The number of anilines is 2. The number of carbonyl (C=O) groups is 1. The molecule has 2 rings (SSSR count). The van der Waals surface area contributed by atoms with Crippen LogP contribution in [-0.4, -0.2) is 21.1 Å². The lowest BCUT2D eigenvalue weighted by Gasteiger charge is -2.07. The average molecular weight is 322 g/mol. The van der Waals surface area contributed by atoms with Crippen LogP contribution in [0.2, 0.25) is 0 Å². The molecule has 0 bridgehead atoms. The molecule has 1 heterocycles. The van der Waals surface area contributed by atoms with E-state index in [4.69, 9.17) is 5.73 Å². The standard InChI is InChI=1S/C12H12BrN5O/c1-6-7(2)17-18-12(15-6)16-11(19)8-4-3-5-9(14)10(8)13/h3-5H,14H2,1-2H3,(H,15,16,18,19). The molecule has 0 fully saturated rings. The van der Waals surface area contributed by atoms with Crippen molar-refractivity contribution < 1.29 is 4.79 Å². The van der Waals surface area contributed by atoms with E-state index in [-0.39, 0.29) is 11.9 Å². The molecule has 0 aliphatic rings. The Labute approximate surface area is 118 Å². The molecule has 0 saturated carbocycles. The molecule has 0 aliphatic carbocycles. The molecule has 1 aromatic heterocycles. The topological polar surface area (TPSA) is 93.8 Å². The van der Waals surface area contributed by atoms with Crippen molar-refractivity contribution in [2.75, 3.05) is 11.1 Å². The summed E-state index contributed by atoms with van der Waals surface area (Å²) in [5, 5.41) is 10.3. The Kier molecular flexibility index (Phi) is 3.75. The number of nitrogens with zero attached hydrogens (tertiary/aromatic N) is 3. The molecule has 7 heteroatoms. The van der Waals surface area contributed by atoms with Gasteiger partial charge in [-0.15, -0.1) is 5.10 Å². The number of carbonyl (C=O) groups excluding carboxylic acids is 1. The summed E-state index contributed by atoms with van der Waals surface area (Å²) in [6, 6.07) is 5.06. The molecule has 0 unspecified atom stereocenters. The molecule has 0 aliphatic heterocycles. The predicted octanol–water partition coefficient (Wildman–Crippen LogP) is 2.09. The van der Waals surface area contributed by atoms with Crippen LogP contribution in [0, 0.1) is 13.8 Å². The van der Waals surface area contributed by atoms with Gasteiger partial charge in [-0.1, -0.05) is 6.07 Å². The number of nitrogen functional groups attached to an aromatic ring is 1. The highest BCUT2D eigenvalue weighted by atomic mass is 79.9. The summed E-state index contributed by atoms with van der Waals surface area (Å²) in [6.45, 7) is 3.60. The van der Waals surface area contributed by atoms with Gasteiger partial charge in [0.15, 0.2) is 0 Å². The zero-order valence-corrected chi connectivity index (χ0v) is 12.0. The predicted molar refractivity (Wildman–Crippen MR) is 75.8 cm³/mol. The molecule has 0 radical (unpaired) electrons. The lowest BCUT2D eigenvalue weighted by molar-refractivity contribution is 0.102. The molecular weight excluding hydrogens is 310 g/mol. The Hall–Kier alpha value is -2.02. The number of nitrogens with one attached hydrogen (secondary N) is 1. The number of aromatic nitrogens is 3. The summed E-state index contributed by atoms with van der Waals surface area (Å²) < 4.78 is 0.546. The number of hydrogen-bond acceptors (Lipinski definition) is 5. The van der Waals surface area contributed by atoms with Crippen molar-refractivity contribution in [1.29, 1.82) is 0 Å². The third kappa shape index (κ3) is 2.87. The number of aryl methyl sites for hydroxylation is 2. The summed E-state index contributed by atoms with van der Waals surface area (Å²) >= 11 is 3.28. The van der Waals surface area contributed by atoms with E-state index in [0.717, 1.165) is 11.4 Å². The Balaban J connectivity index is 2.26. The van der Waals surface area contributed by atoms with Crippen LogP contribution in [0.25, 0.3) is 0 Å². The fourth-order valence-corrected chi connectivity index (χ4v) is 1.85. The fourth-order valence-electron chi connectivity index (χ4n) is 1.40. The SMILES string of the molecule is Cc1nnc(NC(=O)c2cccc(N)c2Br)nc1C. The fraction of sp³-hybridized carbons (Fsp3) is 0.167. The second-order valence-corrected chi connectivity index (χ2v) is 4.76. The molecule has 19 heavy (non-hydrogen) atoms. The molecule has 3 N–H and O–H groups in total. The minimum Gasteiger partial charge on any atom is -0.398 e. The lowest BCUT2D eigenvalue weighted by Crippen LogP contribution is -2.16. The minimum atomic E-state index is -0.343. The first kappa shape index (κ1) is 13.4. The molecule has 1 amide bonds. The Bertz CT molecular complexity index is 644. The van der Waals surface area contributed by atoms with Crippen molar-refractivity contribution in [2.24, 2.45) is 0 Å². The Morgan fingerprint density at radius 3 is 2.68 bits per heavy atom. The minimum absolute atomic E-state index is 0.169. The normalized spacial score (nSPS) is 10.3. The highest BCUT2D eigenvalue weighted by Gasteiger charge is 2.13. The van der Waals surface area contributed by atoms with Crippen molar-refractivity contribution in [1.82, 2.24) is 15.2 Å². The largest absolute Gasteiger partial charge is 0.398 e. The van der Waals surface area contributed by atoms with E-state index < -0.39 is 0 Å². The van der Waals surface area contributed by atoms with E-state index in [1.165, 1.54) is 0 Å². The number of hydrogen-bond donors (Lipinski definition) is 2. The summed E-state index contributed by atoms with van der Waals surface area (Å²) in [5.41, 5.74) is 8.08. The van der Waals surface area contributed by atoms with Crippen LogP contribution < -0.4 is 11.1 Å². The zero-order valence-electron chi connectivity index (χ0n) is 10.4. The van der Waals surface area contributed by atoms with Gasteiger partial charge in [-0.05, 0) is 41.9 Å². The summed E-state index contributed by atoms with van der Waals surface area (Å²) in [5.74, 6) is -0.174. The van der Waals surface area contributed by atoms with Crippen LogP contribution in [0.5, 0.6) is 0 Å². The van der Waals surface area contributed by atoms with E-state index in [2.05, 4.69) is 36.4 Å². The quantitative estimate of drug-likeness (QED) is 0.826. The molecular formula is C12H12BrN5O. The van der Waals surface area contributed by atoms with Gasteiger partial charge in [-0.3, -0.25) is 10.1 Å². The van der Waals surface area contributed by atoms with E-state index in [1.807, 2.05) is 0 Å². The van der Waals surface area contributed by atoms with Crippen LogP contribution in [0.15, 0.2) is 22.7 Å². The second-order valence-electron chi connectivity index (χ2n) is 3.97. The maximum atomic E-state index is 12.1. The lowest BCUT2D eigenvalue weighted by atomic mass is 10.2. The van der Waals surface area contributed by atoms with Gasteiger partial charge in [0.2, 0.25) is 5.95 Å². The Morgan fingerprint density at radius 2 is 2.00 bits per heavy atom. The molecule has 2 aromatic rings. The number of halogens is 1. The summed E-state index contributed by atoms with van der Waals surface area (Å²) in [7, 11) is 0. The second kappa shape index (κ2) is 5.31. The molecule has 6 nitrogen and oxygen atoms in total. The van der Waals surface area contributed by atoms with E-state index in [0.29, 0.717) is 15.7 Å². The third-order valence-corrected chi connectivity index (χ3v) is 3.48. The van der Waals surface area contributed by atoms with Crippen molar-refractivity contribution >= 4 is 33.5 Å². The van der Waals surface area contributed by atoms with Gasteiger partial charge < -0.3 is 5.73 Å². The Morgan fingerprint density at radius 1 is 1.26 bits per heavy atom. The molecule has 1 aromatic carbocycles. The van der Waals surface area contributed by atoms with Crippen LogP contribution in [0.3, 0.4) is 0 Å². The van der Waals surface area contributed by atoms with Crippen LogP contribution in [0.1, 0.15) is 21.7 Å². The summed E-state index contributed by atoms with van der Waals surface area (Å²) in [4.78, 5) is 16.2. The van der Waals surface area contributed by atoms with Crippen LogP contribution >= 0.6 is 15.9 Å². The summed E-state index contributed by atoms with van der Waals surface area (Å²) in [6.07, 6.45) is 0. The first-order valence-corrected chi connectivity index (χ1v) is 6.31. The van der Waals surface area contributed by atoms with Crippen molar-refractivity contribution in [3.8, 4) is 0 Å². The molecule has 0 atom stereocenters. The van der Waals surface area contributed by atoms with Gasteiger partial charge in [0, 0.05) is 5.69 Å². The number of benzene rings is 1. The van der Waals surface area contributed by atoms with Crippen molar-refractivity contribution in [2.45, 2.75) is 13.8 Å². The average Bonchev–Trinajstić information content (AvgIpc) is 2.37. The van der Waals surface area contributed by atoms with Crippen molar-refractivity contribution in [3.05, 3.63) is 39.6 Å². The maximum absolute atomic E-state index is 12.1. The first-order chi connectivity index (χ1) is 8.99. The molecule has 98 valence electrons. The monoisotopic (exact) mass is 321 g/mol. The highest BCUT2D eigenvalue weighted by molar-refractivity contribution is 9.10. The van der Waals surface area contributed by atoms with Gasteiger partial charge in [0.05, 0.1) is 21.4 Å². The van der Waals surface area contributed by atoms with E-state index in [9.17, 15) is 4.79 Å². The number of rotatable bonds is 2. The van der Waals surface area contributed by atoms with Gasteiger partial charge in [-0.25, -0.2) is 4.98 Å². The van der Waals surface area contributed by atoms with Gasteiger partial charge >= 0.3 is 0 Å². The van der Waals surface area contributed by atoms with Crippen LogP contribution in [0.4, 0.5) is 11.6 Å².